The van der Waals surface area contributed by atoms with E-state index in [0.717, 1.165) is 16.9 Å². The lowest BCUT2D eigenvalue weighted by Crippen LogP contribution is -2.28. The molecule has 0 unspecified atom stereocenters. The largest absolute Gasteiger partial charge is 0.310 e. The maximum absolute atomic E-state index is 12.4. The molecule has 122 valence electrons. The Hall–Kier alpha value is -2.95. The predicted octanol–water partition coefficient (Wildman–Crippen LogP) is 3.92. The molecule has 1 aromatic carbocycles. The smallest absolute Gasteiger partial charge is 0.230 e. The molecule has 2 heterocycles. The standard InChI is InChI=1S/C19H20N4O/c1-19(2,3)18(24)21-17-12-16(14-8-7-11-20-13-14)22-23(17)15-9-5-4-6-10-15/h4-13H,1-3H3,(H,21,24). The van der Waals surface area contributed by atoms with Gasteiger partial charge < -0.3 is 5.32 Å². The van der Waals surface area contributed by atoms with Crippen molar-refractivity contribution in [3.05, 3.63) is 60.9 Å². The van der Waals surface area contributed by atoms with Crippen molar-refractivity contribution in [2.45, 2.75) is 20.8 Å². The molecular formula is C19H20N4O. The minimum atomic E-state index is -0.486. The normalized spacial score (nSPS) is 11.3. The van der Waals surface area contributed by atoms with Crippen LogP contribution in [0.4, 0.5) is 5.82 Å². The minimum Gasteiger partial charge on any atom is -0.310 e. The van der Waals surface area contributed by atoms with Gasteiger partial charge in [-0.2, -0.15) is 5.10 Å². The number of amides is 1. The van der Waals surface area contributed by atoms with Crippen molar-refractivity contribution in [3.8, 4) is 16.9 Å². The van der Waals surface area contributed by atoms with Crippen LogP contribution in [0, 0.1) is 5.41 Å². The van der Waals surface area contributed by atoms with Crippen LogP contribution in [0.5, 0.6) is 0 Å². The number of rotatable bonds is 3. The zero-order valence-electron chi connectivity index (χ0n) is 14.0. The van der Waals surface area contributed by atoms with E-state index in [0.29, 0.717) is 5.82 Å². The lowest BCUT2D eigenvalue weighted by atomic mass is 9.96. The second-order valence-corrected chi connectivity index (χ2v) is 6.61. The SMILES string of the molecule is CC(C)(C)C(=O)Nc1cc(-c2cccnc2)nn1-c1ccccc1. The molecule has 1 N–H and O–H groups in total. The molecular weight excluding hydrogens is 300 g/mol. The summed E-state index contributed by atoms with van der Waals surface area (Å²) in [7, 11) is 0. The van der Waals surface area contributed by atoms with Gasteiger partial charge in [-0.25, -0.2) is 4.68 Å². The molecule has 3 aromatic rings. The van der Waals surface area contributed by atoms with Gasteiger partial charge >= 0.3 is 0 Å². The Labute approximate surface area is 141 Å². The number of anilines is 1. The highest BCUT2D eigenvalue weighted by Gasteiger charge is 2.23. The van der Waals surface area contributed by atoms with E-state index in [2.05, 4.69) is 15.4 Å². The summed E-state index contributed by atoms with van der Waals surface area (Å²) in [5.74, 6) is 0.581. The van der Waals surface area contributed by atoms with Gasteiger partial charge in [-0.3, -0.25) is 9.78 Å². The average molecular weight is 320 g/mol. The summed E-state index contributed by atoms with van der Waals surface area (Å²) in [6.45, 7) is 5.65. The number of nitrogens with zero attached hydrogens (tertiary/aromatic N) is 3. The molecule has 2 aromatic heterocycles. The van der Waals surface area contributed by atoms with Gasteiger partial charge in [0.25, 0.3) is 0 Å². The number of hydrogen-bond acceptors (Lipinski definition) is 3. The van der Waals surface area contributed by atoms with E-state index >= 15 is 0 Å². The molecule has 0 spiro atoms. The van der Waals surface area contributed by atoms with E-state index in [-0.39, 0.29) is 5.91 Å². The predicted molar refractivity (Wildman–Crippen MR) is 94.9 cm³/mol. The number of para-hydroxylation sites is 1. The van der Waals surface area contributed by atoms with Crippen molar-refractivity contribution >= 4 is 11.7 Å². The van der Waals surface area contributed by atoms with Crippen molar-refractivity contribution < 1.29 is 4.79 Å². The van der Waals surface area contributed by atoms with Crippen molar-refractivity contribution in [1.82, 2.24) is 14.8 Å². The van der Waals surface area contributed by atoms with Crippen LogP contribution in [-0.2, 0) is 4.79 Å². The zero-order chi connectivity index (χ0) is 17.2. The highest BCUT2D eigenvalue weighted by Crippen LogP contribution is 2.26. The van der Waals surface area contributed by atoms with Crippen molar-refractivity contribution in [1.29, 1.82) is 0 Å². The molecule has 0 fully saturated rings. The van der Waals surface area contributed by atoms with Gasteiger partial charge in [0, 0.05) is 29.4 Å². The first-order chi connectivity index (χ1) is 11.4. The Morgan fingerprint density at radius 1 is 1.08 bits per heavy atom. The molecule has 24 heavy (non-hydrogen) atoms. The maximum Gasteiger partial charge on any atom is 0.230 e. The van der Waals surface area contributed by atoms with Gasteiger partial charge in [-0.15, -0.1) is 0 Å². The highest BCUT2D eigenvalue weighted by molar-refractivity contribution is 5.94. The summed E-state index contributed by atoms with van der Waals surface area (Å²) in [6, 6.07) is 15.4. The number of pyridine rings is 1. The molecule has 1 amide bonds. The third-order valence-corrected chi connectivity index (χ3v) is 3.59. The second kappa shape index (κ2) is 6.28. The van der Waals surface area contributed by atoms with Gasteiger partial charge in [-0.1, -0.05) is 39.0 Å². The summed E-state index contributed by atoms with van der Waals surface area (Å²) < 4.78 is 1.74. The van der Waals surface area contributed by atoms with E-state index in [9.17, 15) is 4.79 Å². The number of aromatic nitrogens is 3. The molecule has 0 saturated carbocycles. The molecule has 0 aliphatic carbocycles. The number of hydrogen-bond donors (Lipinski definition) is 1. The third-order valence-electron chi connectivity index (χ3n) is 3.59. The molecule has 5 heteroatoms. The second-order valence-electron chi connectivity index (χ2n) is 6.61. The first-order valence-corrected chi connectivity index (χ1v) is 7.82. The topological polar surface area (TPSA) is 59.8 Å². The van der Waals surface area contributed by atoms with Gasteiger partial charge in [-0.05, 0) is 24.3 Å². The van der Waals surface area contributed by atoms with E-state index < -0.39 is 5.41 Å². The Balaban J connectivity index is 2.05. The Morgan fingerprint density at radius 3 is 2.46 bits per heavy atom. The van der Waals surface area contributed by atoms with Crippen LogP contribution in [0.15, 0.2) is 60.9 Å². The lowest BCUT2D eigenvalue weighted by molar-refractivity contribution is -0.123. The van der Waals surface area contributed by atoms with Crippen molar-refractivity contribution in [3.63, 3.8) is 0 Å². The monoisotopic (exact) mass is 320 g/mol. The number of carbonyl (C=O) groups is 1. The van der Waals surface area contributed by atoms with Crippen LogP contribution in [0.1, 0.15) is 20.8 Å². The average Bonchev–Trinajstić information content (AvgIpc) is 2.99. The Morgan fingerprint density at radius 2 is 1.83 bits per heavy atom. The summed E-state index contributed by atoms with van der Waals surface area (Å²) in [5, 5.41) is 7.63. The fourth-order valence-electron chi connectivity index (χ4n) is 2.20. The first-order valence-electron chi connectivity index (χ1n) is 7.82. The lowest BCUT2D eigenvalue weighted by Gasteiger charge is -2.18. The van der Waals surface area contributed by atoms with E-state index in [1.165, 1.54) is 0 Å². The number of nitrogens with one attached hydrogen (secondary N) is 1. The highest BCUT2D eigenvalue weighted by atomic mass is 16.2. The van der Waals surface area contributed by atoms with Gasteiger partial charge in [0.05, 0.1) is 11.4 Å². The van der Waals surface area contributed by atoms with E-state index in [4.69, 9.17) is 0 Å². The first kappa shape index (κ1) is 15.9. The zero-order valence-corrected chi connectivity index (χ0v) is 14.0. The minimum absolute atomic E-state index is 0.0580. The van der Waals surface area contributed by atoms with Gasteiger partial charge in [0.1, 0.15) is 5.82 Å². The van der Waals surface area contributed by atoms with Crippen LogP contribution >= 0.6 is 0 Å². The van der Waals surface area contributed by atoms with Crippen LogP contribution in [0.2, 0.25) is 0 Å². The summed E-state index contributed by atoms with van der Waals surface area (Å²) in [6.07, 6.45) is 3.48. The summed E-state index contributed by atoms with van der Waals surface area (Å²) in [4.78, 5) is 16.5. The number of benzene rings is 1. The Kier molecular flexibility index (Phi) is 4.16. The summed E-state index contributed by atoms with van der Waals surface area (Å²) in [5.41, 5.74) is 2.06. The summed E-state index contributed by atoms with van der Waals surface area (Å²) >= 11 is 0. The van der Waals surface area contributed by atoms with E-state index in [1.807, 2.05) is 69.3 Å². The molecule has 0 saturated heterocycles. The molecule has 3 rings (SSSR count). The van der Waals surface area contributed by atoms with Crippen LogP contribution < -0.4 is 5.32 Å². The third kappa shape index (κ3) is 3.35. The fraction of sp³-hybridized carbons (Fsp3) is 0.211. The molecule has 0 atom stereocenters. The van der Waals surface area contributed by atoms with Crippen LogP contribution in [0.25, 0.3) is 16.9 Å². The van der Waals surface area contributed by atoms with Crippen LogP contribution in [-0.4, -0.2) is 20.7 Å². The fourth-order valence-corrected chi connectivity index (χ4v) is 2.20. The molecule has 0 bridgehead atoms. The quantitative estimate of drug-likeness (QED) is 0.795. The van der Waals surface area contributed by atoms with Gasteiger partial charge in [0.2, 0.25) is 5.91 Å². The van der Waals surface area contributed by atoms with Gasteiger partial charge in [0.15, 0.2) is 0 Å². The number of carbonyl (C=O) groups excluding carboxylic acids is 1. The van der Waals surface area contributed by atoms with Crippen molar-refractivity contribution in [2.24, 2.45) is 5.41 Å². The Bertz CT molecular complexity index is 833. The maximum atomic E-state index is 12.4. The molecule has 5 nitrogen and oxygen atoms in total. The van der Waals surface area contributed by atoms with Crippen LogP contribution in [0.3, 0.4) is 0 Å². The molecule has 0 aliphatic rings. The van der Waals surface area contributed by atoms with E-state index in [1.54, 1.807) is 17.1 Å². The molecule has 0 radical (unpaired) electrons. The van der Waals surface area contributed by atoms with Crippen molar-refractivity contribution in [2.75, 3.05) is 5.32 Å². The molecule has 0 aliphatic heterocycles.